The first-order valence-electron chi connectivity index (χ1n) is 4.63. The number of alkyl halides is 3. The van der Waals surface area contributed by atoms with Crippen molar-refractivity contribution in [1.82, 2.24) is 5.32 Å². The number of amides is 2. The summed E-state index contributed by atoms with van der Waals surface area (Å²) in [5.41, 5.74) is -1.48. The number of halogens is 4. The Bertz CT molecular complexity index is 496. The molecule has 1 aromatic rings. The van der Waals surface area contributed by atoms with Crippen LogP contribution >= 0.6 is 11.6 Å². The van der Waals surface area contributed by atoms with Gasteiger partial charge in [-0.2, -0.15) is 18.4 Å². The van der Waals surface area contributed by atoms with E-state index in [0.717, 1.165) is 6.07 Å². The number of hydrogen-bond acceptors (Lipinski definition) is 2. The van der Waals surface area contributed by atoms with E-state index in [2.05, 4.69) is 5.32 Å². The Morgan fingerprint density at radius 3 is 2.67 bits per heavy atom. The van der Waals surface area contributed by atoms with Crippen LogP contribution in [0.1, 0.15) is 5.56 Å². The second-order valence-corrected chi connectivity index (χ2v) is 3.59. The lowest BCUT2D eigenvalue weighted by molar-refractivity contribution is -0.136. The number of hydrogen-bond donors (Lipinski definition) is 2. The fourth-order valence-corrected chi connectivity index (χ4v) is 1.32. The van der Waals surface area contributed by atoms with E-state index < -0.39 is 23.5 Å². The molecule has 0 aliphatic rings. The summed E-state index contributed by atoms with van der Waals surface area (Å²) in [4.78, 5) is 11.2. The lowest BCUT2D eigenvalue weighted by atomic mass is 10.1. The summed E-state index contributed by atoms with van der Waals surface area (Å²) in [5.74, 6) is 0. The molecule has 0 radical (unpaired) electrons. The van der Waals surface area contributed by atoms with Crippen LogP contribution in [-0.2, 0) is 6.18 Å². The molecule has 2 amide bonds. The number of carbonyl (C=O) groups is 1. The zero-order valence-corrected chi connectivity index (χ0v) is 9.56. The van der Waals surface area contributed by atoms with Gasteiger partial charge < -0.3 is 10.6 Å². The SMILES string of the molecule is N#CCNC(=O)Nc1ccc(Cl)cc1C(F)(F)F. The third kappa shape index (κ3) is 3.82. The lowest BCUT2D eigenvalue weighted by Gasteiger charge is -2.14. The van der Waals surface area contributed by atoms with Gasteiger partial charge in [-0.1, -0.05) is 11.6 Å². The number of benzene rings is 1. The molecule has 4 nitrogen and oxygen atoms in total. The second-order valence-electron chi connectivity index (χ2n) is 3.15. The Morgan fingerprint density at radius 2 is 2.11 bits per heavy atom. The maximum Gasteiger partial charge on any atom is 0.418 e. The van der Waals surface area contributed by atoms with Crippen molar-refractivity contribution in [3.8, 4) is 6.07 Å². The van der Waals surface area contributed by atoms with Crippen molar-refractivity contribution in [2.45, 2.75) is 6.18 Å². The summed E-state index contributed by atoms with van der Waals surface area (Å²) in [6.07, 6.45) is -4.64. The Hall–Kier alpha value is -1.94. The number of anilines is 1. The van der Waals surface area contributed by atoms with E-state index in [1.54, 1.807) is 6.07 Å². The quantitative estimate of drug-likeness (QED) is 0.816. The van der Waals surface area contributed by atoms with Gasteiger partial charge in [-0.25, -0.2) is 4.79 Å². The average Bonchev–Trinajstić information content (AvgIpc) is 2.27. The van der Waals surface area contributed by atoms with Gasteiger partial charge in [-0.15, -0.1) is 0 Å². The molecule has 0 saturated heterocycles. The summed E-state index contributed by atoms with van der Waals surface area (Å²) in [6, 6.07) is 3.69. The molecule has 1 aromatic carbocycles. The normalized spacial score (nSPS) is 10.6. The van der Waals surface area contributed by atoms with Crippen LogP contribution in [0.25, 0.3) is 0 Å². The average molecular weight is 278 g/mol. The van der Waals surface area contributed by atoms with Crippen molar-refractivity contribution in [3.05, 3.63) is 28.8 Å². The lowest BCUT2D eigenvalue weighted by Crippen LogP contribution is -2.29. The predicted molar refractivity (Wildman–Crippen MR) is 59.1 cm³/mol. The summed E-state index contributed by atoms with van der Waals surface area (Å²) >= 11 is 5.47. The van der Waals surface area contributed by atoms with Gasteiger partial charge in [0.25, 0.3) is 0 Å². The Balaban J connectivity index is 2.96. The van der Waals surface area contributed by atoms with E-state index in [4.69, 9.17) is 16.9 Å². The molecule has 8 heteroatoms. The fraction of sp³-hybridized carbons (Fsp3) is 0.200. The molecule has 1 rings (SSSR count). The number of nitrogens with one attached hydrogen (secondary N) is 2. The molecule has 96 valence electrons. The zero-order chi connectivity index (χ0) is 13.8. The molecular weight excluding hydrogens is 271 g/mol. The van der Waals surface area contributed by atoms with Gasteiger partial charge in [0, 0.05) is 5.02 Å². The van der Waals surface area contributed by atoms with Gasteiger partial charge >= 0.3 is 12.2 Å². The monoisotopic (exact) mass is 277 g/mol. The Labute approximate surface area is 105 Å². The summed E-state index contributed by atoms with van der Waals surface area (Å²) < 4.78 is 37.9. The van der Waals surface area contributed by atoms with Gasteiger partial charge in [0.2, 0.25) is 0 Å². The van der Waals surface area contributed by atoms with E-state index in [-0.39, 0.29) is 11.6 Å². The minimum Gasteiger partial charge on any atom is -0.325 e. The van der Waals surface area contributed by atoms with Crippen LogP contribution in [0, 0.1) is 11.3 Å². The number of nitriles is 1. The molecule has 0 aliphatic carbocycles. The van der Waals surface area contributed by atoms with Crippen molar-refractivity contribution >= 4 is 23.3 Å². The molecule has 0 fully saturated rings. The highest BCUT2D eigenvalue weighted by molar-refractivity contribution is 6.30. The molecule has 2 N–H and O–H groups in total. The molecule has 18 heavy (non-hydrogen) atoms. The van der Waals surface area contributed by atoms with Crippen LogP contribution < -0.4 is 10.6 Å². The molecule has 0 aliphatic heterocycles. The Kier molecular flexibility index (Phi) is 4.39. The maximum atomic E-state index is 12.6. The van der Waals surface area contributed by atoms with Crippen LogP contribution in [0.4, 0.5) is 23.7 Å². The second kappa shape index (κ2) is 5.60. The van der Waals surface area contributed by atoms with Crippen molar-refractivity contribution in [3.63, 3.8) is 0 Å². The van der Waals surface area contributed by atoms with Gasteiger partial charge in [-0.3, -0.25) is 0 Å². The molecule has 0 atom stereocenters. The van der Waals surface area contributed by atoms with Gasteiger partial charge in [-0.05, 0) is 18.2 Å². The summed E-state index contributed by atoms with van der Waals surface area (Å²) in [5, 5.41) is 12.2. The number of carbonyl (C=O) groups excluding carboxylic acids is 1. The van der Waals surface area contributed by atoms with Gasteiger partial charge in [0.05, 0.1) is 17.3 Å². The number of nitrogens with zero attached hydrogens (tertiary/aromatic N) is 1. The van der Waals surface area contributed by atoms with Crippen molar-refractivity contribution in [1.29, 1.82) is 5.26 Å². The smallest absolute Gasteiger partial charge is 0.325 e. The third-order valence-electron chi connectivity index (χ3n) is 1.86. The molecule has 0 bridgehead atoms. The first kappa shape index (κ1) is 14.1. The van der Waals surface area contributed by atoms with E-state index in [1.165, 1.54) is 6.07 Å². The van der Waals surface area contributed by atoms with E-state index in [0.29, 0.717) is 6.07 Å². The predicted octanol–water partition coefficient (Wildman–Crippen LogP) is 3.00. The van der Waals surface area contributed by atoms with E-state index in [9.17, 15) is 18.0 Å². The van der Waals surface area contributed by atoms with Crippen LogP contribution in [0.2, 0.25) is 5.02 Å². The van der Waals surface area contributed by atoms with Crippen LogP contribution in [0.15, 0.2) is 18.2 Å². The molecule has 0 unspecified atom stereocenters. The van der Waals surface area contributed by atoms with Crippen LogP contribution in [0.5, 0.6) is 0 Å². The highest BCUT2D eigenvalue weighted by atomic mass is 35.5. The minimum atomic E-state index is -4.64. The summed E-state index contributed by atoms with van der Waals surface area (Å²) in [6.45, 7) is -0.305. The molecule has 0 heterocycles. The zero-order valence-electron chi connectivity index (χ0n) is 8.81. The number of urea groups is 1. The molecule has 0 saturated carbocycles. The molecular formula is C10H7ClF3N3O. The van der Waals surface area contributed by atoms with Crippen LogP contribution in [0.3, 0.4) is 0 Å². The molecule has 0 aromatic heterocycles. The first-order valence-corrected chi connectivity index (χ1v) is 5.01. The summed E-state index contributed by atoms with van der Waals surface area (Å²) in [7, 11) is 0. The van der Waals surface area contributed by atoms with Gasteiger partial charge in [0.15, 0.2) is 0 Å². The standard InChI is InChI=1S/C10H7ClF3N3O/c11-6-1-2-8(7(5-6)10(12,13)14)17-9(18)16-4-3-15/h1-2,5H,4H2,(H2,16,17,18). The fourth-order valence-electron chi connectivity index (χ4n) is 1.15. The Morgan fingerprint density at radius 1 is 1.44 bits per heavy atom. The largest absolute Gasteiger partial charge is 0.418 e. The first-order chi connectivity index (χ1) is 8.34. The topological polar surface area (TPSA) is 64.9 Å². The van der Waals surface area contributed by atoms with Crippen LogP contribution in [-0.4, -0.2) is 12.6 Å². The van der Waals surface area contributed by atoms with Crippen molar-refractivity contribution < 1.29 is 18.0 Å². The third-order valence-corrected chi connectivity index (χ3v) is 2.10. The van der Waals surface area contributed by atoms with Crippen molar-refractivity contribution in [2.75, 3.05) is 11.9 Å². The minimum absolute atomic E-state index is 0.0923. The number of rotatable bonds is 2. The molecule has 0 spiro atoms. The van der Waals surface area contributed by atoms with Crippen molar-refractivity contribution in [2.24, 2.45) is 0 Å². The highest BCUT2D eigenvalue weighted by Gasteiger charge is 2.34. The van der Waals surface area contributed by atoms with E-state index >= 15 is 0 Å². The highest BCUT2D eigenvalue weighted by Crippen LogP contribution is 2.36. The van der Waals surface area contributed by atoms with Gasteiger partial charge in [0.1, 0.15) is 6.54 Å². The maximum absolute atomic E-state index is 12.6. The van der Waals surface area contributed by atoms with E-state index in [1.807, 2.05) is 5.32 Å².